The number of hydroxylamine groups is 1. The van der Waals surface area contributed by atoms with Gasteiger partial charge in [-0.1, -0.05) is 0 Å². The average molecular weight is 345 g/mol. The standard InChI is InChI=1S/C17H19N3O3S/c1-12-18-17(19-23-12)13-4-6-14(7-5-13)20-24(3,21)16-10-8-15(22-2)9-11-16/h4-12H,1-3H3,(H,18,19). The second-order valence-electron chi connectivity index (χ2n) is 5.41. The van der Waals surface area contributed by atoms with E-state index in [0.29, 0.717) is 16.4 Å². The third-order valence-corrected chi connectivity index (χ3v) is 5.26. The molecule has 2 unspecified atom stereocenters. The number of nitrogens with zero attached hydrogens (tertiary/aromatic N) is 2. The normalized spacial score (nSPS) is 19.1. The highest BCUT2D eigenvalue weighted by atomic mass is 32.2. The molecule has 0 aromatic heterocycles. The molecule has 1 aliphatic heterocycles. The summed E-state index contributed by atoms with van der Waals surface area (Å²) >= 11 is 0. The van der Waals surface area contributed by atoms with Crippen molar-refractivity contribution in [3.63, 3.8) is 0 Å². The van der Waals surface area contributed by atoms with Crippen LogP contribution in [0.5, 0.6) is 5.75 Å². The van der Waals surface area contributed by atoms with Crippen molar-refractivity contribution in [3.05, 3.63) is 54.1 Å². The first-order valence-corrected chi connectivity index (χ1v) is 9.36. The molecule has 0 spiro atoms. The first-order valence-electron chi connectivity index (χ1n) is 7.44. The van der Waals surface area contributed by atoms with E-state index >= 15 is 0 Å². The number of rotatable bonds is 4. The van der Waals surface area contributed by atoms with Crippen molar-refractivity contribution in [2.75, 3.05) is 13.4 Å². The second kappa shape index (κ2) is 6.62. The lowest BCUT2D eigenvalue weighted by molar-refractivity contribution is 0.0504. The molecule has 3 rings (SSSR count). The maximum absolute atomic E-state index is 12.9. The maximum Gasteiger partial charge on any atom is 0.174 e. The van der Waals surface area contributed by atoms with Gasteiger partial charge in [-0.25, -0.2) is 19.5 Å². The Labute approximate surface area is 141 Å². The fourth-order valence-corrected chi connectivity index (χ4v) is 3.54. The molecule has 1 aliphatic rings. The van der Waals surface area contributed by atoms with E-state index in [1.807, 2.05) is 31.2 Å². The molecule has 2 aromatic rings. The van der Waals surface area contributed by atoms with E-state index in [9.17, 15) is 4.21 Å². The molecule has 24 heavy (non-hydrogen) atoms. The number of benzene rings is 2. The molecule has 0 fully saturated rings. The minimum atomic E-state index is -2.53. The molecular formula is C17H19N3O3S. The van der Waals surface area contributed by atoms with Gasteiger partial charge in [-0.2, -0.15) is 4.36 Å². The third kappa shape index (κ3) is 3.58. The molecule has 0 radical (unpaired) electrons. The van der Waals surface area contributed by atoms with Gasteiger partial charge < -0.3 is 4.74 Å². The van der Waals surface area contributed by atoms with E-state index in [2.05, 4.69) is 14.8 Å². The largest absolute Gasteiger partial charge is 0.497 e. The quantitative estimate of drug-likeness (QED) is 0.924. The average Bonchev–Trinajstić information content (AvgIpc) is 3.02. The van der Waals surface area contributed by atoms with Crippen LogP contribution >= 0.6 is 0 Å². The first kappa shape index (κ1) is 16.5. The van der Waals surface area contributed by atoms with Crippen LogP contribution in [0.3, 0.4) is 0 Å². The molecule has 0 saturated heterocycles. The summed E-state index contributed by atoms with van der Waals surface area (Å²) in [5.74, 6) is 1.40. The zero-order valence-corrected chi connectivity index (χ0v) is 14.5. The van der Waals surface area contributed by atoms with Crippen LogP contribution in [0.1, 0.15) is 12.5 Å². The fraction of sp³-hybridized carbons (Fsp3) is 0.235. The van der Waals surface area contributed by atoms with Crippen LogP contribution in [-0.4, -0.2) is 29.6 Å². The molecule has 2 atom stereocenters. The van der Waals surface area contributed by atoms with Gasteiger partial charge in [-0.15, -0.1) is 0 Å². The van der Waals surface area contributed by atoms with Gasteiger partial charge >= 0.3 is 0 Å². The van der Waals surface area contributed by atoms with Gasteiger partial charge in [0.2, 0.25) is 0 Å². The number of hydrogen-bond donors (Lipinski definition) is 1. The molecule has 7 heteroatoms. The molecule has 0 saturated carbocycles. The lowest BCUT2D eigenvalue weighted by Crippen LogP contribution is -2.18. The van der Waals surface area contributed by atoms with Crippen LogP contribution in [0.15, 0.2) is 62.8 Å². The predicted octanol–water partition coefficient (Wildman–Crippen LogP) is 3.11. The highest BCUT2D eigenvalue weighted by molar-refractivity contribution is 7.93. The van der Waals surface area contributed by atoms with E-state index in [4.69, 9.17) is 9.57 Å². The monoisotopic (exact) mass is 345 g/mol. The number of hydrogen-bond acceptors (Lipinski definition) is 6. The summed E-state index contributed by atoms with van der Waals surface area (Å²) in [5, 5.41) is 0. The van der Waals surface area contributed by atoms with Gasteiger partial charge in [0.15, 0.2) is 12.1 Å². The van der Waals surface area contributed by atoms with Crippen molar-refractivity contribution < 1.29 is 13.8 Å². The molecule has 0 aliphatic carbocycles. The Kier molecular flexibility index (Phi) is 4.55. The summed E-state index contributed by atoms with van der Waals surface area (Å²) in [5.41, 5.74) is 4.32. The Morgan fingerprint density at radius 3 is 2.38 bits per heavy atom. The van der Waals surface area contributed by atoms with Crippen molar-refractivity contribution in [1.82, 2.24) is 5.48 Å². The van der Waals surface area contributed by atoms with Crippen molar-refractivity contribution >= 4 is 21.3 Å². The van der Waals surface area contributed by atoms with E-state index in [1.165, 1.54) is 0 Å². The molecule has 0 bridgehead atoms. The van der Waals surface area contributed by atoms with Crippen LogP contribution < -0.4 is 10.2 Å². The number of methoxy groups -OCH3 is 1. The molecular weight excluding hydrogens is 326 g/mol. The Balaban J connectivity index is 1.86. The van der Waals surface area contributed by atoms with Crippen LogP contribution in [0.4, 0.5) is 5.69 Å². The SMILES string of the molecule is COc1ccc(S(C)(=O)=Nc2ccc(C3=NC(C)ON3)cc2)cc1. The van der Waals surface area contributed by atoms with E-state index in [1.54, 1.807) is 37.6 Å². The molecule has 2 aromatic carbocycles. The molecule has 6 nitrogen and oxygen atoms in total. The Morgan fingerprint density at radius 1 is 1.17 bits per heavy atom. The van der Waals surface area contributed by atoms with E-state index in [0.717, 1.165) is 11.3 Å². The molecule has 0 amide bonds. The smallest absolute Gasteiger partial charge is 0.174 e. The zero-order chi connectivity index (χ0) is 17.2. The topological polar surface area (TPSA) is 72.3 Å². The van der Waals surface area contributed by atoms with Crippen molar-refractivity contribution in [3.8, 4) is 5.75 Å². The second-order valence-corrected chi connectivity index (χ2v) is 7.67. The zero-order valence-electron chi connectivity index (χ0n) is 13.7. The molecule has 1 N–H and O–H groups in total. The predicted molar refractivity (Wildman–Crippen MR) is 94.1 cm³/mol. The number of aliphatic imine (C=N–C) groups is 1. The summed E-state index contributed by atoms with van der Waals surface area (Å²) in [6.45, 7) is 1.85. The number of nitrogens with one attached hydrogen (secondary N) is 1. The third-order valence-electron chi connectivity index (χ3n) is 3.55. The highest BCUT2D eigenvalue weighted by Gasteiger charge is 2.14. The minimum absolute atomic E-state index is 0.200. The molecule has 1 heterocycles. The van der Waals surface area contributed by atoms with Crippen LogP contribution in [0.2, 0.25) is 0 Å². The van der Waals surface area contributed by atoms with Crippen LogP contribution in [0, 0.1) is 0 Å². The van der Waals surface area contributed by atoms with Gasteiger partial charge in [0.1, 0.15) is 5.75 Å². The first-order chi connectivity index (χ1) is 11.5. The lowest BCUT2D eigenvalue weighted by atomic mass is 10.2. The molecule has 126 valence electrons. The Bertz CT molecular complexity index is 867. The summed E-state index contributed by atoms with van der Waals surface area (Å²) in [6, 6.07) is 14.5. The number of amidine groups is 1. The van der Waals surface area contributed by atoms with Crippen LogP contribution in [-0.2, 0) is 14.6 Å². The van der Waals surface area contributed by atoms with Crippen LogP contribution in [0.25, 0.3) is 0 Å². The number of ether oxygens (including phenoxy) is 1. The minimum Gasteiger partial charge on any atom is -0.497 e. The maximum atomic E-state index is 12.9. The Morgan fingerprint density at radius 2 is 1.83 bits per heavy atom. The van der Waals surface area contributed by atoms with Gasteiger partial charge in [-0.3, -0.25) is 0 Å². The van der Waals surface area contributed by atoms with Gasteiger partial charge in [0, 0.05) is 16.7 Å². The summed E-state index contributed by atoms with van der Waals surface area (Å²) in [7, 11) is -0.933. The van der Waals surface area contributed by atoms with Gasteiger partial charge in [0.05, 0.1) is 22.5 Å². The lowest BCUT2D eigenvalue weighted by Gasteiger charge is -2.07. The Hall–Kier alpha value is -2.38. The van der Waals surface area contributed by atoms with Crippen molar-refractivity contribution in [2.24, 2.45) is 9.36 Å². The van der Waals surface area contributed by atoms with Crippen molar-refractivity contribution in [2.45, 2.75) is 18.0 Å². The van der Waals surface area contributed by atoms with E-state index in [-0.39, 0.29) is 6.23 Å². The fourth-order valence-electron chi connectivity index (χ4n) is 2.27. The van der Waals surface area contributed by atoms with Crippen molar-refractivity contribution in [1.29, 1.82) is 0 Å². The van der Waals surface area contributed by atoms with Gasteiger partial charge in [-0.05, 0) is 55.5 Å². The summed E-state index contributed by atoms with van der Waals surface area (Å²) in [4.78, 5) is 10.1. The van der Waals surface area contributed by atoms with Gasteiger partial charge in [0.25, 0.3) is 0 Å². The highest BCUT2D eigenvalue weighted by Crippen LogP contribution is 2.22. The summed E-state index contributed by atoms with van der Waals surface area (Å²) in [6.07, 6.45) is 1.43. The van der Waals surface area contributed by atoms with E-state index < -0.39 is 9.73 Å². The summed E-state index contributed by atoms with van der Waals surface area (Å²) < 4.78 is 22.4.